The van der Waals surface area contributed by atoms with Gasteiger partial charge in [0.2, 0.25) is 0 Å². The predicted octanol–water partition coefficient (Wildman–Crippen LogP) is 1.59. The van der Waals surface area contributed by atoms with E-state index >= 15 is 0 Å². The number of aryl methyl sites for hydroxylation is 1. The fourth-order valence-corrected chi connectivity index (χ4v) is 2.60. The molecule has 0 unspecified atom stereocenters. The highest BCUT2D eigenvalue weighted by molar-refractivity contribution is 5.97. The Kier molecular flexibility index (Phi) is 3.45. The van der Waals surface area contributed by atoms with Gasteiger partial charge in [-0.2, -0.15) is 5.06 Å². The second kappa shape index (κ2) is 5.27. The van der Waals surface area contributed by atoms with Crippen molar-refractivity contribution in [3.63, 3.8) is 0 Å². The van der Waals surface area contributed by atoms with E-state index in [4.69, 9.17) is 5.73 Å². The van der Waals surface area contributed by atoms with Crippen LogP contribution in [0.3, 0.4) is 0 Å². The third-order valence-corrected chi connectivity index (χ3v) is 3.78. The Morgan fingerprint density at radius 2 is 2.10 bits per heavy atom. The van der Waals surface area contributed by atoms with E-state index in [0.29, 0.717) is 17.3 Å². The molecule has 1 aliphatic rings. The molecule has 108 valence electrons. The van der Waals surface area contributed by atoms with Gasteiger partial charge in [0.25, 0.3) is 5.91 Å². The number of aromatic nitrogens is 1. The quantitative estimate of drug-likeness (QED) is 0.820. The predicted molar refractivity (Wildman–Crippen MR) is 79.2 cm³/mol. The zero-order valence-corrected chi connectivity index (χ0v) is 11.8. The van der Waals surface area contributed by atoms with Gasteiger partial charge in [-0.05, 0) is 36.1 Å². The molecular weight excluding hydrogens is 266 g/mol. The number of carbonyl (C=O) groups excluding carboxylic acids is 1. The molecule has 3 rings (SSSR count). The third-order valence-electron chi connectivity index (χ3n) is 3.78. The van der Waals surface area contributed by atoms with Crippen molar-refractivity contribution in [3.05, 3.63) is 58.8 Å². The summed E-state index contributed by atoms with van der Waals surface area (Å²) in [6.07, 6.45) is 1.17. The molecule has 0 fully saturated rings. The lowest BCUT2D eigenvalue weighted by Gasteiger charge is -2.27. The lowest BCUT2D eigenvalue weighted by molar-refractivity contribution is -0.125. The molecule has 0 saturated heterocycles. The van der Waals surface area contributed by atoms with Gasteiger partial charge < -0.3 is 5.73 Å². The van der Waals surface area contributed by atoms with Gasteiger partial charge >= 0.3 is 0 Å². The van der Waals surface area contributed by atoms with Crippen molar-refractivity contribution >= 4 is 11.7 Å². The van der Waals surface area contributed by atoms with Crippen molar-refractivity contribution in [2.75, 3.05) is 5.06 Å². The Balaban J connectivity index is 1.98. The molecule has 1 atom stereocenters. The normalized spacial score (nSPS) is 17.8. The SMILES string of the molecule is Cc1nc2c(cc1Cc1ccccc1)C[C@H](N)C(=O)N2O. The van der Waals surface area contributed by atoms with Crippen LogP contribution in [0.15, 0.2) is 36.4 Å². The van der Waals surface area contributed by atoms with Gasteiger partial charge in [-0.3, -0.25) is 10.0 Å². The zero-order valence-electron chi connectivity index (χ0n) is 11.8. The van der Waals surface area contributed by atoms with E-state index in [0.717, 1.165) is 23.2 Å². The van der Waals surface area contributed by atoms with Gasteiger partial charge in [0.05, 0.1) is 6.04 Å². The van der Waals surface area contributed by atoms with Crippen molar-refractivity contribution in [2.24, 2.45) is 5.73 Å². The van der Waals surface area contributed by atoms with E-state index in [1.165, 1.54) is 5.56 Å². The molecule has 0 aliphatic carbocycles. The van der Waals surface area contributed by atoms with Crippen LogP contribution in [-0.4, -0.2) is 22.1 Å². The molecule has 1 amide bonds. The van der Waals surface area contributed by atoms with E-state index < -0.39 is 11.9 Å². The first kappa shape index (κ1) is 13.7. The fraction of sp³-hybridized carbons (Fsp3) is 0.250. The minimum atomic E-state index is -0.711. The van der Waals surface area contributed by atoms with Crippen LogP contribution in [0.2, 0.25) is 0 Å². The number of amides is 1. The van der Waals surface area contributed by atoms with Crippen LogP contribution in [0.1, 0.15) is 22.4 Å². The molecule has 2 aromatic rings. The van der Waals surface area contributed by atoms with Crippen molar-refractivity contribution in [2.45, 2.75) is 25.8 Å². The Bertz CT molecular complexity index is 685. The highest BCUT2D eigenvalue weighted by Crippen LogP contribution is 2.27. The Morgan fingerprint density at radius 3 is 2.81 bits per heavy atom. The first-order chi connectivity index (χ1) is 10.1. The summed E-state index contributed by atoms with van der Waals surface area (Å²) in [7, 11) is 0. The Labute approximate surface area is 123 Å². The third kappa shape index (κ3) is 2.53. The number of fused-ring (bicyclic) bond motifs is 1. The maximum absolute atomic E-state index is 11.7. The van der Waals surface area contributed by atoms with Crippen molar-refractivity contribution < 1.29 is 10.0 Å². The number of benzene rings is 1. The average Bonchev–Trinajstić information content (AvgIpc) is 2.48. The van der Waals surface area contributed by atoms with Crippen LogP contribution in [0.4, 0.5) is 5.82 Å². The molecule has 0 radical (unpaired) electrons. The summed E-state index contributed by atoms with van der Waals surface area (Å²) in [5.74, 6) is -0.207. The standard InChI is InChI=1S/C16H17N3O2/c1-10-12(7-11-5-3-2-4-6-11)8-13-9-14(17)16(20)19(21)15(13)18-10/h2-6,8,14,21H,7,9,17H2,1H3/t14-/m0/s1. The lowest BCUT2D eigenvalue weighted by atomic mass is 9.96. The fourth-order valence-electron chi connectivity index (χ4n) is 2.60. The summed E-state index contributed by atoms with van der Waals surface area (Å²) in [5, 5.41) is 10.4. The molecule has 5 nitrogen and oxygen atoms in total. The number of hydroxylamine groups is 1. The molecule has 0 spiro atoms. The van der Waals surface area contributed by atoms with Gasteiger partial charge in [0.15, 0.2) is 5.82 Å². The van der Waals surface area contributed by atoms with Gasteiger partial charge in [-0.25, -0.2) is 4.98 Å². The summed E-state index contributed by atoms with van der Waals surface area (Å²) in [5.41, 5.74) is 9.63. The van der Waals surface area contributed by atoms with Crippen molar-refractivity contribution in [1.82, 2.24) is 4.98 Å². The van der Waals surface area contributed by atoms with E-state index in [1.807, 2.05) is 31.2 Å². The van der Waals surface area contributed by atoms with Crippen LogP contribution >= 0.6 is 0 Å². The maximum Gasteiger partial charge on any atom is 0.269 e. The summed E-state index contributed by atoms with van der Waals surface area (Å²) < 4.78 is 0. The van der Waals surface area contributed by atoms with Gasteiger partial charge in [-0.15, -0.1) is 0 Å². The van der Waals surface area contributed by atoms with Crippen LogP contribution in [0.5, 0.6) is 0 Å². The smallest absolute Gasteiger partial charge is 0.269 e. The van der Waals surface area contributed by atoms with Crippen LogP contribution < -0.4 is 10.8 Å². The molecular formula is C16H17N3O2. The number of hydrogen-bond donors (Lipinski definition) is 2. The molecule has 5 heteroatoms. The number of carbonyl (C=O) groups is 1. The van der Waals surface area contributed by atoms with Gasteiger partial charge in [-0.1, -0.05) is 30.3 Å². The molecule has 2 heterocycles. The minimum absolute atomic E-state index is 0.302. The van der Waals surface area contributed by atoms with Crippen LogP contribution in [0, 0.1) is 6.92 Å². The average molecular weight is 283 g/mol. The summed E-state index contributed by atoms with van der Waals surface area (Å²) in [6.45, 7) is 1.88. The lowest BCUT2D eigenvalue weighted by Crippen LogP contribution is -2.47. The number of anilines is 1. The molecule has 0 saturated carbocycles. The van der Waals surface area contributed by atoms with Crippen LogP contribution in [-0.2, 0) is 17.6 Å². The van der Waals surface area contributed by atoms with Crippen LogP contribution in [0.25, 0.3) is 0 Å². The first-order valence-electron chi connectivity index (χ1n) is 6.88. The molecule has 1 aliphatic heterocycles. The van der Waals surface area contributed by atoms with E-state index in [2.05, 4.69) is 17.1 Å². The Hall–Kier alpha value is -2.24. The first-order valence-corrected chi connectivity index (χ1v) is 6.88. The highest BCUT2D eigenvalue weighted by Gasteiger charge is 2.31. The van der Waals surface area contributed by atoms with Gasteiger partial charge in [0.1, 0.15) is 0 Å². The second-order valence-electron chi connectivity index (χ2n) is 5.34. The topological polar surface area (TPSA) is 79.5 Å². The van der Waals surface area contributed by atoms with E-state index in [1.54, 1.807) is 0 Å². The Morgan fingerprint density at radius 1 is 1.38 bits per heavy atom. The van der Waals surface area contributed by atoms with Gasteiger partial charge in [0, 0.05) is 12.1 Å². The van der Waals surface area contributed by atoms with Crippen molar-refractivity contribution in [3.8, 4) is 0 Å². The number of hydrogen-bond acceptors (Lipinski definition) is 4. The van der Waals surface area contributed by atoms with E-state index in [-0.39, 0.29) is 0 Å². The summed E-state index contributed by atoms with van der Waals surface area (Å²) >= 11 is 0. The molecule has 1 aromatic heterocycles. The number of rotatable bonds is 2. The summed E-state index contributed by atoms with van der Waals surface area (Å²) in [4.78, 5) is 16.1. The van der Waals surface area contributed by atoms with E-state index in [9.17, 15) is 10.0 Å². The molecule has 1 aromatic carbocycles. The monoisotopic (exact) mass is 283 g/mol. The highest BCUT2D eigenvalue weighted by atomic mass is 16.5. The molecule has 0 bridgehead atoms. The minimum Gasteiger partial charge on any atom is -0.320 e. The van der Waals surface area contributed by atoms with Crippen molar-refractivity contribution in [1.29, 1.82) is 0 Å². The largest absolute Gasteiger partial charge is 0.320 e. The molecule has 21 heavy (non-hydrogen) atoms. The number of pyridine rings is 1. The summed E-state index contributed by atoms with van der Waals surface area (Å²) in [6, 6.07) is 11.4. The molecule has 3 N–H and O–H groups in total. The second-order valence-corrected chi connectivity index (χ2v) is 5.34. The zero-order chi connectivity index (χ0) is 15.0. The number of nitrogens with zero attached hydrogens (tertiary/aromatic N) is 2. The maximum atomic E-state index is 11.7. The number of nitrogens with two attached hydrogens (primary N) is 1.